The number of nitrogens with zero attached hydrogens (tertiary/aromatic N) is 1. The molecule has 0 rings (SSSR count). The van der Waals surface area contributed by atoms with Crippen LogP contribution in [0.2, 0.25) is 0 Å². The lowest BCUT2D eigenvalue weighted by molar-refractivity contribution is -0.122. The minimum atomic E-state index is -0.888. The Bertz CT molecular complexity index is 202. The maximum atomic E-state index is 11.0. The predicted octanol–water partition coefficient (Wildman–Crippen LogP) is 0.700. The molecule has 0 aromatic carbocycles. The van der Waals surface area contributed by atoms with Crippen LogP contribution in [0.3, 0.4) is 0 Å². The summed E-state index contributed by atoms with van der Waals surface area (Å²) in [6.07, 6.45) is 1.72. The third-order valence-corrected chi connectivity index (χ3v) is 2.72. The van der Waals surface area contributed by atoms with Crippen LogP contribution >= 0.6 is 0 Å². The lowest BCUT2D eigenvalue weighted by Gasteiger charge is -2.29. The fourth-order valence-electron chi connectivity index (χ4n) is 1.41. The molecular formula is C11H25N3O. The number of carbonyl (C=O) groups is 1. The van der Waals surface area contributed by atoms with Crippen LogP contribution in [0.15, 0.2) is 0 Å². The highest BCUT2D eigenvalue weighted by Crippen LogP contribution is 2.09. The first-order valence-electron chi connectivity index (χ1n) is 5.64. The lowest BCUT2D eigenvalue weighted by atomic mass is 9.98. The second-order valence-corrected chi connectivity index (χ2v) is 4.66. The summed E-state index contributed by atoms with van der Waals surface area (Å²) in [4.78, 5) is 13.4. The summed E-state index contributed by atoms with van der Waals surface area (Å²) in [6.45, 7) is 9.99. The van der Waals surface area contributed by atoms with E-state index in [4.69, 9.17) is 11.5 Å². The van der Waals surface area contributed by atoms with Gasteiger partial charge in [0.05, 0.1) is 5.54 Å². The summed E-state index contributed by atoms with van der Waals surface area (Å²) < 4.78 is 0. The molecule has 0 aromatic rings. The Morgan fingerprint density at radius 3 is 2.27 bits per heavy atom. The van der Waals surface area contributed by atoms with Crippen molar-refractivity contribution >= 4 is 5.91 Å². The van der Waals surface area contributed by atoms with Gasteiger partial charge in [-0.05, 0) is 40.2 Å². The maximum Gasteiger partial charge on any atom is 0.237 e. The average Bonchev–Trinajstić information content (AvgIpc) is 2.11. The quantitative estimate of drug-likeness (QED) is 0.656. The van der Waals surface area contributed by atoms with Crippen LogP contribution in [0.5, 0.6) is 0 Å². The van der Waals surface area contributed by atoms with Gasteiger partial charge in [-0.2, -0.15) is 0 Å². The molecule has 0 aliphatic rings. The fourth-order valence-corrected chi connectivity index (χ4v) is 1.41. The molecule has 0 heterocycles. The van der Waals surface area contributed by atoms with E-state index < -0.39 is 11.4 Å². The standard InChI is InChI=1S/C11H25N3O/c1-5-7-14(9(2)3)8-6-11(4,13)10(12)15/h9H,5-8,13H2,1-4H3,(H2,12,15). The van der Waals surface area contributed by atoms with Gasteiger partial charge in [-0.3, -0.25) is 4.79 Å². The summed E-state index contributed by atoms with van der Waals surface area (Å²) in [5.41, 5.74) is 10.1. The minimum absolute atomic E-state index is 0.428. The van der Waals surface area contributed by atoms with E-state index in [1.807, 2.05) is 0 Å². The smallest absolute Gasteiger partial charge is 0.237 e. The summed E-state index contributed by atoms with van der Waals surface area (Å²) in [6, 6.07) is 0.480. The first-order chi connectivity index (χ1) is 6.81. The molecule has 0 aromatic heterocycles. The van der Waals surface area contributed by atoms with Gasteiger partial charge in [-0.15, -0.1) is 0 Å². The van der Waals surface area contributed by atoms with Crippen molar-refractivity contribution in [1.82, 2.24) is 4.90 Å². The van der Waals surface area contributed by atoms with Gasteiger partial charge in [0.2, 0.25) is 5.91 Å². The molecule has 0 fully saturated rings. The van der Waals surface area contributed by atoms with Crippen LogP contribution in [-0.2, 0) is 4.79 Å². The molecular weight excluding hydrogens is 190 g/mol. The van der Waals surface area contributed by atoms with E-state index in [9.17, 15) is 4.79 Å². The van der Waals surface area contributed by atoms with Crippen LogP contribution < -0.4 is 11.5 Å². The van der Waals surface area contributed by atoms with Gasteiger partial charge in [0.25, 0.3) is 0 Å². The van der Waals surface area contributed by atoms with E-state index >= 15 is 0 Å². The average molecular weight is 215 g/mol. The highest BCUT2D eigenvalue weighted by Gasteiger charge is 2.26. The molecule has 0 bridgehead atoms. The van der Waals surface area contributed by atoms with E-state index in [0.717, 1.165) is 19.5 Å². The predicted molar refractivity (Wildman–Crippen MR) is 63.4 cm³/mol. The van der Waals surface area contributed by atoms with E-state index in [1.165, 1.54) is 0 Å². The highest BCUT2D eigenvalue weighted by atomic mass is 16.1. The molecule has 0 aliphatic heterocycles. The fraction of sp³-hybridized carbons (Fsp3) is 0.909. The van der Waals surface area contributed by atoms with E-state index in [0.29, 0.717) is 12.5 Å². The Balaban J connectivity index is 4.15. The maximum absolute atomic E-state index is 11.0. The van der Waals surface area contributed by atoms with E-state index in [-0.39, 0.29) is 0 Å². The Kier molecular flexibility index (Phi) is 5.83. The SMILES string of the molecule is CCCN(CCC(C)(N)C(N)=O)C(C)C. The Labute approximate surface area is 93.0 Å². The molecule has 1 amide bonds. The molecule has 0 saturated carbocycles. The van der Waals surface area contributed by atoms with Gasteiger partial charge in [0, 0.05) is 12.6 Å². The third-order valence-electron chi connectivity index (χ3n) is 2.72. The lowest BCUT2D eigenvalue weighted by Crippen LogP contribution is -2.51. The van der Waals surface area contributed by atoms with Gasteiger partial charge >= 0.3 is 0 Å². The largest absolute Gasteiger partial charge is 0.368 e. The number of hydrogen-bond acceptors (Lipinski definition) is 3. The van der Waals surface area contributed by atoms with Gasteiger partial charge in [-0.1, -0.05) is 6.92 Å². The molecule has 15 heavy (non-hydrogen) atoms. The molecule has 4 N–H and O–H groups in total. The summed E-state index contributed by atoms with van der Waals surface area (Å²) in [7, 11) is 0. The van der Waals surface area contributed by atoms with E-state index in [2.05, 4.69) is 25.7 Å². The Hall–Kier alpha value is -0.610. The molecule has 0 aliphatic carbocycles. The zero-order valence-electron chi connectivity index (χ0n) is 10.4. The second kappa shape index (κ2) is 6.08. The molecule has 1 atom stereocenters. The molecule has 0 radical (unpaired) electrons. The van der Waals surface area contributed by atoms with Crippen molar-refractivity contribution in [3.8, 4) is 0 Å². The van der Waals surface area contributed by atoms with Crippen LogP contribution in [-0.4, -0.2) is 35.5 Å². The van der Waals surface area contributed by atoms with Crippen LogP contribution in [0.4, 0.5) is 0 Å². The monoisotopic (exact) mass is 215 g/mol. The molecule has 1 unspecified atom stereocenters. The van der Waals surface area contributed by atoms with Crippen LogP contribution in [0.25, 0.3) is 0 Å². The van der Waals surface area contributed by atoms with Crippen molar-refractivity contribution in [3.63, 3.8) is 0 Å². The topological polar surface area (TPSA) is 72.3 Å². The third kappa shape index (κ3) is 5.14. The molecule has 4 heteroatoms. The van der Waals surface area contributed by atoms with Crippen LogP contribution in [0, 0.1) is 0 Å². The number of amides is 1. The van der Waals surface area contributed by atoms with Crippen molar-refractivity contribution < 1.29 is 4.79 Å². The van der Waals surface area contributed by atoms with Gasteiger partial charge < -0.3 is 16.4 Å². The summed E-state index contributed by atoms with van der Waals surface area (Å²) >= 11 is 0. The van der Waals surface area contributed by atoms with Gasteiger partial charge in [-0.25, -0.2) is 0 Å². The minimum Gasteiger partial charge on any atom is -0.368 e. The molecule has 90 valence electrons. The molecule has 0 spiro atoms. The summed E-state index contributed by atoms with van der Waals surface area (Å²) in [5, 5.41) is 0. The number of rotatable bonds is 7. The number of carbonyl (C=O) groups excluding carboxylic acids is 1. The summed E-state index contributed by atoms with van der Waals surface area (Å²) in [5.74, 6) is -0.428. The second-order valence-electron chi connectivity index (χ2n) is 4.66. The normalized spacial score (nSPS) is 15.7. The van der Waals surface area contributed by atoms with Crippen molar-refractivity contribution in [3.05, 3.63) is 0 Å². The van der Waals surface area contributed by atoms with Crippen LogP contribution in [0.1, 0.15) is 40.5 Å². The van der Waals surface area contributed by atoms with Crippen molar-refractivity contribution in [2.75, 3.05) is 13.1 Å². The van der Waals surface area contributed by atoms with Gasteiger partial charge in [0.1, 0.15) is 0 Å². The number of nitrogens with two attached hydrogens (primary N) is 2. The zero-order chi connectivity index (χ0) is 12.1. The van der Waals surface area contributed by atoms with Gasteiger partial charge in [0.15, 0.2) is 0 Å². The Morgan fingerprint density at radius 2 is 1.93 bits per heavy atom. The number of hydrogen-bond donors (Lipinski definition) is 2. The van der Waals surface area contributed by atoms with Crippen molar-refractivity contribution in [2.45, 2.75) is 52.1 Å². The molecule has 4 nitrogen and oxygen atoms in total. The Morgan fingerprint density at radius 1 is 1.40 bits per heavy atom. The molecule has 0 saturated heterocycles. The first kappa shape index (κ1) is 14.4. The van der Waals surface area contributed by atoms with Crippen molar-refractivity contribution in [2.24, 2.45) is 11.5 Å². The van der Waals surface area contributed by atoms with Crippen molar-refractivity contribution in [1.29, 1.82) is 0 Å². The zero-order valence-corrected chi connectivity index (χ0v) is 10.4. The van der Waals surface area contributed by atoms with E-state index in [1.54, 1.807) is 6.92 Å². The highest BCUT2D eigenvalue weighted by molar-refractivity contribution is 5.83. The number of primary amides is 1. The first-order valence-corrected chi connectivity index (χ1v) is 5.64.